The summed E-state index contributed by atoms with van der Waals surface area (Å²) in [5.74, 6) is 3.25. The Bertz CT molecular complexity index is 4800. The fourth-order valence-corrected chi connectivity index (χ4v) is 14.0. The van der Waals surface area contributed by atoms with Gasteiger partial charge in [-0.05, 0) is 104 Å². The fraction of sp³-hybridized carbons (Fsp3) is 0.351. The summed E-state index contributed by atoms with van der Waals surface area (Å²) in [5, 5.41) is 41.6. The number of carbonyl (C=O) groups excluding carboxylic acids is 2. The average molecular weight is 1430 g/mol. The molecule has 0 spiro atoms. The number of urea groups is 2. The van der Waals surface area contributed by atoms with Gasteiger partial charge in [-0.3, -0.25) is 33.7 Å². The Morgan fingerprint density at radius 1 is 0.491 bits per heavy atom. The molecule has 4 amide bonds. The SMILES string of the molecule is N#Cc1ccccc1CN1C(=O)N2CC=CN=C2N=C1N1CCC[C@@H](N)C1.N#Cc1ccccc1CN1C(=O)N2CC=NC=C2N=C1N1CCC[C@@H](N)C1.N#Cc1ccccc1Cn1c(N2CCC[C@@H](N)C2)nc2ccnn2c1=O.N#Cc1ccccc1Cn1c(N2CCC[C@@H](N)C2)nc2cncn2c1=O. The molecular formula is C74H80N28O4. The molecule has 32 nitrogen and oxygen atoms in total. The molecule has 0 unspecified atom stereocenters. The first-order chi connectivity index (χ1) is 51.7. The van der Waals surface area contributed by atoms with Gasteiger partial charge in [-0.15, -0.1) is 0 Å². The van der Waals surface area contributed by atoms with Crippen molar-refractivity contribution in [2.45, 2.75) is 102 Å². The Labute approximate surface area is 610 Å². The van der Waals surface area contributed by atoms with E-state index in [1.54, 1.807) is 90.1 Å². The number of nitrogens with zero attached hydrogens (tertiary/aromatic N) is 24. The quantitative estimate of drug-likeness (QED) is 0.147. The minimum atomic E-state index is -0.276. The Hall–Kier alpha value is -12.7. The number of rotatable bonds is 10. The van der Waals surface area contributed by atoms with Crippen LogP contribution >= 0.6 is 0 Å². The molecule has 4 saturated heterocycles. The second-order valence-electron chi connectivity index (χ2n) is 26.7. The second-order valence-corrected chi connectivity index (χ2v) is 26.7. The number of imidazole rings is 1. The molecule has 4 aromatic carbocycles. The minimum Gasteiger partial charge on any atom is -0.341 e. The van der Waals surface area contributed by atoms with Crippen molar-refractivity contribution in [3.8, 4) is 24.3 Å². The number of amides is 4. The summed E-state index contributed by atoms with van der Waals surface area (Å²) >= 11 is 0. The van der Waals surface area contributed by atoms with Gasteiger partial charge in [-0.2, -0.15) is 50.6 Å². The molecule has 8 aliphatic rings. The van der Waals surface area contributed by atoms with Gasteiger partial charge in [0.1, 0.15) is 6.33 Å². The number of benzene rings is 4. The van der Waals surface area contributed by atoms with E-state index in [0.29, 0.717) is 108 Å². The number of likely N-dealkylation sites (tertiary alicyclic amines) is 2. The zero-order valence-electron chi connectivity index (χ0n) is 58.4. The highest BCUT2D eigenvalue weighted by Crippen LogP contribution is 2.28. The third kappa shape index (κ3) is 15.8. The van der Waals surface area contributed by atoms with Crippen molar-refractivity contribution in [1.82, 2.24) is 67.5 Å². The van der Waals surface area contributed by atoms with E-state index in [1.165, 1.54) is 15.2 Å². The molecule has 4 atom stereocenters. The van der Waals surface area contributed by atoms with Crippen LogP contribution in [0.5, 0.6) is 0 Å². The molecule has 0 bridgehead atoms. The first kappa shape index (κ1) is 71.7. The lowest BCUT2D eigenvalue weighted by atomic mass is 10.1. The van der Waals surface area contributed by atoms with Gasteiger partial charge in [0.2, 0.25) is 29.8 Å². The van der Waals surface area contributed by atoms with E-state index in [4.69, 9.17) is 27.9 Å². The minimum absolute atomic E-state index is 0.0519. The summed E-state index contributed by atoms with van der Waals surface area (Å²) in [6.07, 6.45) is 19.0. The van der Waals surface area contributed by atoms with Gasteiger partial charge in [0.25, 0.3) is 0 Å². The summed E-state index contributed by atoms with van der Waals surface area (Å²) in [6.45, 7) is 7.69. The van der Waals surface area contributed by atoms with Crippen LogP contribution in [-0.4, -0.2) is 193 Å². The normalized spacial score (nSPS) is 19.8. The Kier molecular flexibility index (Phi) is 22.1. The molecular weight excluding hydrogens is 1350 g/mol. The molecule has 8 N–H and O–H groups in total. The number of aromatic nitrogens is 8. The summed E-state index contributed by atoms with van der Waals surface area (Å²) in [5.41, 5.74) is 30.4. The number of fused-ring (bicyclic) bond motifs is 4. The highest BCUT2D eigenvalue weighted by atomic mass is 16.2. The van der Waals surface area contributed by atoms with Crippen molar-refractivity contribution in [2.75, 3.05) is 75.2 Å². The fourth-order valence-electron chi connectivity index (χ4n) is 14.0. The molecule has 4 fully saturated rings. The lowest BCUT2D eigenvalue weighted by molar-refractivity contribution is 0.174. The Balaban J connectivity index is 0.000000125. The highest BCUT2D eigenvalue weighted by Gasteiger charge is 2.40. The van der Waals surface area contributed by atoms with Crippen LogP contribution in [-0.2, 0) is 26.2 Å². The molecule has 8 aliphatic heterocycles. The van der Waals surface area contributed by atoms with E-state index in [1.807, 2.05) is 78.9 Å². The number of hydrogen-bond acceptors (Lipinski definition) is 24. The number of guanidine groups is 3. The maximum Gasteiger partial charge on any atom is 0.353 e. The number of anilines is 2. The van der Waals surface area contributed by atoms with Crippen LogP contribution in [0.4, 0.5) is 21.5 Å². The van der Waals surface area contributed by atoms with E-state index in [2.05, 4.69) is 78.9 Å². The van der Waals surface area contributed by atoms with Crippen LogP contribution < -0.4 is 44.1 Å². The predicted molar refractivity (Wildman–Crippen MR) is 397 cm³/mol. The first-order valence-corrected chi connectivity index (χ1v) is 35.3. The van der Waals surface area contributed by atoms with Crippen LogP contribution in [0.15, 0.2) is 176 Å². The standard InChI is InChI=1S/2C19H21N7O.2C18H19N7O/c20-11-14-5-1-2-6-15(14)12-26-18(24-9-3-7-16(21)13-24)23-17-22-8-4-10-25(17)19(26)27;20-10-14-4-1-2-5-15(14)12-26-18(24-8-3-6-16(21)13-24)23-17-11-22-7-9-25(17)19(26)27;19-10-13-4-1-2-5-14(13)11-24-17(23-9-3-6-15(20)12-23)22-16-7-8-21-25(16)18(24)26;19-8-13-4-1-2-5-14(13)10-24-17(23-7-3-6-15(20)11-23)22-16-9-21-12-25(16)18(24)26/h1-2,4-6,8,16H,3,7,9-10,12-13,21H2;1-2,4-5,7,11,16H,3,6,8-9,12-13,21H2;1-2,4-5,7-8,15H,3,6,9,11-12,20H2;1-2,4-5,9,12,15H,3,6-7,10-11,20H2/t2*16-;2*15-/m1111/s1. The van der Waals surface area contributed by atoms with Crippen molar-refractivity contribution < 1.29 is 9.59 Å². The number of carbonyl (C=O) groups is 2. The smallest absolute Gasteiger partial charge is 0.341 e. The maximum absolute atomic E-state index is 13.2. The predicted octanol–water partition coefficient (Wildman–Crippen LogP) is 4.39. The average Bonchev–Trinajstić information content (AvgIpc) is 1.20. The monoisotopic (exact) mass is 1420 g/mol. The van der Waals surface area contributed by atoms with E-state index in [9.17, 15) is 40.2 Å². The molecule has 8 aromatic rings. The van der Waals surface area contributed by atoms with Gasteiger partial charge in [-0.1, -0.05) is 72.8 Å². The molecule has 0 aliphatic carbocycles. The Morgan fingerprint density at radius 3 is 1.43 bits per heavy atom. The lowest BCUT2D eigenvalue weighted by Gasteiger charge is -2.42. The third-order valence-corrected chi connectivity index (χ3v) is 19.3. The third-order valence-electron chi connectivity index (χ3n) is 19.3. The molecule has 16 rings (SSSR count). The van der Waals surface area contributed by atoms with Crippen molar-refractivity contribution in [3.05, 3.63) is 212 Å². The number of nitriles is 4. The van der Waals surface area contributed by atoms with Crippen LogP contribution in [0.25, 0.3) is 11.3 Å². The largest absolute Gasteiger partial charge is 0.353 e. The van der Waals surface area contributed by atoms with Gasteiger partial charge in [0.05, 0.1) is 104 Å². The zero-order chi connectivity index (χ0) is 73.8. The molecule has 12 heterocycles. The lowest BCUT2D eigenvalue weighted by Crippen LogP contribution is -2.60. The van der Waals surface area contributed by atoms with Crippen LogP contribution in [0.1, 0.15) is 95.9 Å². The van der Waals surface area contributed by atoms with Crippen LogP contribution in [0, 0.1) is 45.3 Å². The van der Waals surface area contributed by atoms with Crippen LogP contribution in [0.3, 0.4) is 0 Å². The molecule has 32 heteroatoms. The molecule has 4 aromatic heterocycles. The van der Waals surface area contributed by atoms with Gasteiger partial charge >= 0.3 is 23.4 Å². The maximum atomic E-state index is 13.2. The van der Waals surface area contributed by atoms with E-state index < -0.39 is 0 Å². The molecule has 0 saturated carbocycles. The van der Waals surface area contributed by atoms with Gasteiger partial charge in [0.15, 0.2) is 17.1 Å². The van der Waals surface area contributed by atoms with E-state index in [0.717, 1.165) is 99.8 Å². The van der Waals surface area contributed by atoms with Gasteiger partial charge in [0, 0.05) is 95.0 Å². The van der Waals surface area contributed by atoms with Crippen molar-refractivity contribution in [1.29, 1.82) is 21.0 Å². The molecule has 540 valence electrons. The van der Waals surface area contributed by atoms with Gasteiger partial charge < -0.3 is 42.5 Å². The molecule has 0 radical (unpaired) electrons. The summed E-state index contributed by atoms with van der Waals surface area (Å²) < 4.78 is 5.88. The zero-order valence-corrected chi connectivity index (χ0v) is 58.4. The van der Waals surface area contributed by atoms with Crippen molar-refractivity contribution in [2.24, 2.45) is 42.9 Å². The van der Waals surface area contributed by atoms with E-state index >= 15 is 0 Å². The topological polar surface area (TPSA) is 413 Å². The van der Waals surface area contributed by atoms with E-state index in [-0.39, 0.29) is 73.8 Å². The number of nitrogens with two attached hydrogens (primary N) is 4. The summed E-state index contributed by atoms with van der Waals surface area (Å²) in [6, 6.07) is 39.5. The van der Waals surface area contributed by atoms with Gasteiger partial charge in [-0.25, -0.2) is 33.6 Å². The second kappa shape index (κ2) is 32.7. The number of hydrogen-bond donors (Lipinski definition) is 4. The number of aliphatic imine (C=N–C) groups is 4. The number of piperidine rings is 4. The summed E-state index contributed by atoms with van der Waals surface area (Å²) in [7, 11) is 0. The molecule has 106 heavy (non-hydrogen) atoms. The summed E-state index contributed by atoms with van der Waals surface area (Å²) in [4.78, 5) is 98.3. The van der Waals surface area contributed by atoms with Crippen molar-refractivity contribution in [3.63, 3.8) is 0 Å². The van der Waals surface area contributed by atoms with Crippen LogP contribution in [0.2, 0.25) is 0 Å². The first-order valence-electron chi connectivity index (χ1n) is 35.3. The Morgan fingerprint density at radius 2 is 0.934 bits per heavy atom. The van der Waals surface area contributed by atoms with Crippen molar-refractivity contribution >= 4 is 59.3 Å². The highest BCUT2D eigenvalue weighted by molar-refractivity contribution is 6.13.